The van der Waals surface area contributed by atoms with Crippen molar-refractivity contribution in [1.82, 2.24) is 5.32 Å². The van der Waals surface area contributed by atoms with E-state index >= 15 is 0 Å². The first kappa shape index (κ1) is 14.3. The number of allylic oxidation sites excluding steroid dienone is 2. The molecule has 0 fully saturated rings. The molecule has 0 spiro atoms. The molecular formula is C13H22F2N2. The standard InChI is InChI=1S/C13H22F2N2/c1-12(7-4-3-6-11(12)16)8-5-9-17-10-13(2,14)15/h3-4,6-7,11,17H,5,8-10,16H2,1-2H3. The first-order valence-corrected chi connectivity index (χ1v) is 6.04. The maximum atomic E-state index is 12.5. The molecular weight excluding hydrogens is 222 g/mol. The van der Waals surface area contributed by atoms with Gasteiger partial charge in [0.1, 0.15) is 0 Å². The largest absolute Gasteiger partial charge is 0.324 e. The SMILES string of the molecule is CC(F)(F)CNCCCC1(C)C=CC=CC1N. The Morgan fingerprint density at radius 2 is 2.12 bits per heavy atom. The van der Waals surface area contributed by atoms with E-state index in [0.29, 0.717) is 6.54 Å². The molecule has 3 N–H and O–H groups in total. The third-order valence-electron chi connectivity index (χ3n) is 3.17. The molecule has 2 unspecified atom stereocenters. The highest BCUT2D eigenvalue weighted by Gasteiger charge is 2.28. The summed E-state index contributed by atoms with van der Waals surface area (Å²) in [5.41, 5.74) is 5.97. The Kier molecular flexibility index (Phi) is 4.83. The van der Waals surface area contributed by atoms with Gasteiger partial charge in [-0.15, -0.1) is 0 Å². The van der Waals surface area contributed by atoms with Crippen molar-refractivity contribution in [2.45, 2.75) is 38.7 Å². The summed E-state index contributed by atoms with van der Waals surface area (Å²) < 4.78 is 25.1. The fourth-order valence-electron chi connectivity index (χ4n) is 1.94. The van der Waals surface area contributed by atoms with Gasteiger partial charge < -0.3 is 11.1 Å². The summed E-state index contributed by atoms with van der Waals surface area (Å²) in [6.45, 7) is 3.37. The van der Waals surface area contributed by atoms with Gasteiger partial charge in [-0.1, -0.05) is 31.2 Å². The Balaban J connectivity index is 2.22. The molecule has 0 aliphatic heterocycles. The van der Waals surface area contributed by atoms with Crippen LogP contribution in [-0.4, -0.2) is 25.1 Å². The average molecular weight is 244 g/mol. The first-order valence-electron chi connectivity index (χ1n) is 6.04. The van der Waals surface area contributed by atoms with E-state index in [1.807, 2.05) is 18.2 Å². The third-order valence-corrected chi connectivity index (χ3v) is 3.17. The maximum Gasteiger partial charge on any atom is 0.257 e. The number of rotatable bonds is 6. The van der Waals surface area contributed by atoms with Crippen LogP contribution in [0.4, 0.5) is 8.78 Å². The molecule has 0 amide bonds. The van der Waals surface area contributed by atoms with Crippen molar-refractivity contribution in [2.75, 3.05) is 13.1 Å². The molecule has 98 valence electrons. The Bertz CT molecular complexity index is 294. The predicted molar refractivity (Wildman–Crippen MR) is 67.1 cm³/mol. The van der Waals surface area contributed by atoms with Crippen LogP contribution in [0.3, 0.4) is 0 Å². The van der Waals surface area contributed by atoms with Crippen LogP contribution < -0.4 is 11.1 Å². The van der Waals surface area contributed by atoms with E-state index in [2.05, 4.69) is 18.3 Å². The average Bonchev–Trinajstić information content (AvgIpc) is 2.21. The van der Waals surface area contributed by atoms with E-state index in [1.165, 1.54) is 0 Å². The lowest BCUT2D eigenvalue weighted by Crippen LogP contribution is -2.38. The van der Waals surface area contributed by atoms with Crippen LogP contribution in [0, 0.1) is 5.41 Å². The molecule has 0 saturated heterocycles. The zero-order valence-corrected chi connectivity index (χ0v) is 10.5. The summed E-state index contributed by atoms with van der Waals surface area (Å²) in [4.78, 5) is 0. The lowest BCUT2D eigenvalue weighted by Gasteiger charge is -2.32. The second-order valence-electron chi connectivity index (χ2n) is 5.13. The fourth-order valence-corrected chi connectivity index (χ4v) is 1.94. The molecule has 0 heterocycles. The van der Waals surface area contributed by atoms with Gasteiger partial charge in [-0.2, -0.15) is 0 Å². The minimum atomic E-state index is -2.63. The first-order chi connectivity index (χ1) is 7.83. The summed E-state index contributed by atoms with van der Waals surface area (Å²) in [6, 6.07) is 0.0140. The van der Waals surface area contributed by atoms with Gasteiger partial charge in [0.15, 0.2) is 0 Å². The van der Waals surface area contributed by atoms with Crippen molar-refractivity contribution in [3.8, 4) is 0 Å². The van der Waals surface area contributed by atoms with Crippen LogP contribution >= 0.6 is 0 Å². The normalized spacial score (nSPS) is 28.6. The number of nitrogens with one attached hydrogen (secondary N) is 1. The number of alkyl halides is 2. The maximum absolute atomic E-state index is 12.5. The minimum absolute atomic E-state index is 0.0140. The van der Waals surface area contributed by atoms with Gasteiger partial charge in [0.25, 0.3) is 5.92 Å². The molecule has 2 nitrogen and oxygen atoms in total. The van der Waals surface area contributed by atoms with E-state index in [-0.39, 0.29) is 18.0 Å². The summed E-state index contributed by atoms with van der Waals surface area (Å²) in [7, 11) is 0. The molecule has 0 aromatic carbocycles. The molecule has 0 saturated carbocycles. The Labute approximate surface area is 102 Å². The number of hydrogen-bond acceptors (Lipinski definition) is 2. The van der Waals surface area contributed by atoms with Crippen molar-refractivity contribution < 1.29 is 8.78 Å². The van der Waals surface area contributed by atoms with Crippen molar-refractivity contribution in [1.29, 1.82) is 0 Å². The molecule has 2 atom stereocenters. The highest BCUT2D eigenvalue weighted by molar-refractivity contribution is 5.21. The Morgan fingerprint density at radius 3 is 2.71 bits per heavy atom. The molecule has 0 aromatic rings. The molecule has 1 aliphatic carbocycles. The Morgan fingerprint density at radius 1 is 1.41 bits per heavy atom. The van der Waals surface area contributed by atoms with Gasteiger partial charge in [-0.25, -0.2) is 8.78 Å². The van der Waals surface area contributed by atoms with Crippen LogP contribution in [0.5, 0.6) is 0 Å². The molecule has 4 heteroatoms. The van der Waals surface area contributed by atoms with Crippen molar-refractivity contribution >= 4 is 0 Å². The van der Waals surface area contributed by atoms with E-state index in [9.17, 15) is 8.78 Å². The Hall–Kier alpha value is -0.740. The van der Waals surface area contributed by atoms with E-state index in [1.54, 1.807) is 0 Å². The van der Waals surface area contributed by atoms with E-state index < -0.39 is 5.92 Å². The van der Waals surface area contributed by atoms with Gasteiger partial charge in [0.05, 0.1) is 6.54 Å². The second kappa shape index (κ2) is 5.74. The minimum Gasteiger partial charge on any atom is -0.324 e. The smallest absolute Gasteiger partial charge is 0.257 e. The van der Waals surface area contributed by atoms with Crippen molar-refractivity contribution in [2.24, 2.45) is 11.1 Å². The quantitative estimate of drug-likeness (QED) is 0.704. The zero-order valence-electron chi connectivity index (χ0n) is 10.5. The third kappa shape index (κ3) is 4.96. The number of hydrogen-bond donors (Lipinski definition) is 2. The predicted octanol–water partition coefficient (Wildman–Crippen LogP) is 2.47. The lowest BCUT2D eigenvalue weighted by molar-refractivity contribution is 0.0227. The van der Waals surface area contributed by atoms with Crippen molar-refractivity contribution in [3.63, 3.8) is 0 Å². The van der Waals surface area contributed by atoms with Gasteiger partial charge in [-0.05, 0) is 19.4 Å². The molecule has 1 rings (SSSR count). The van der Waals surface area contributed by atoms with Gasteiger partial charge in [-0.3, -0.25) is 0 Å². The zero-order chi connectivity index (χ0) is 12.9. The topological polar surface area (TPSA) is 38.0 Å². The number of halogens is 2. The fraction of sp³-hybridized carbons (Fsp3) is 0.692. The van der Waals surface area contributed by atoms with Crippen molar-refractivity contribution in [3.05, 3.63) is 24.3 Å². The molecule has 0 aromatic heterocycles. The van der Waals surface area contributed by atoms with Gasteiger partial charge in [0, 0.05) is 18.4 Å². The summed E-state index contributed by atoms with van der Waals surface area (Å²) >= 11 is 0. The highest BCUT2D eigenvalue weighted by Crippen LogP contribution is 2.31. The van der Waals surface area contributed by atoms with Gasteiger partial charge in [0.2, 0.25) is 0 Å². The van der Waals surface area contributed by atoms with E-state index in [0.717, 1.165) is 19.8 Å². The van der Waals surface area contributed by atoms with Crippen LogP contribution in [-0.2, 0) is 0 Å². The summed E-state index contributed by atoms with van der Waals surface area (Å²) in [5, 5.41) is 2.76. The summed E-state index contributed by atoms with van der Waals surface area (Å²) in [5.74, 6) is -2.63. The highest BCUT2D eigenvalue weighted by atomic mass is 19.3. The number of nitrogens with two attached hydrogens (primary N) is 1. The van der Waals surface area contributed by atoms with Gasteiger partial charge >= 0.3 is 0 Å². The molecule has 1 aliphatic rings. The van der Waals surface area contributed by atoms with Crippen LogP contribution in [0.15, 0.2) is 24.3 Å². The second-order valence-corrected chi connectivity index (χ2v) is 5.13. The molecule has 0 radical (unpaired) electrons. The van der Waals surface area contributed by atoms with Crippen LogP contribution in [0.25, 0.3) is 0 Å². The monoisotopic (exact) mass is 244 g/mol. The van der Waals surface area contributed by atoms with Crippen LogP contribution in [0.2, 0.25) is 0 Å². The molecule has 17 heavy (non-hydrogen) atoms. The van der Waals surface area contributed by atoms with Crippen LogP contribution in [0.1, 0.15) is 26.7 Å². The summed E-state index contributed by atoms with van der Waals surface area (Å²) in [6.07, 6.45) is 9.77. The lowest BCUT2D eigenvalue weighted by atomic mass is 9.76. The van der Waals surface area contributed by atoms with E-state index in [4.69, 9.17) is 5.73 Å². The molecule has 0 bridgehead atoms.